The van der Waals surface area contributed by atoms with Crippen molar-refractivity contribution in [3.05, 3.63) is 42.3 Å². The third-order valence-electron chi connectivity index (χ3n) is 3.87. The van der Waals surface area contributed by atoms with Gasteiger partial charge in [-0.2, -0.15) is 0 Å². The second-order valence-electron chi connectivity index (χ2n) is 5.29. The Bertz CT molecular complexity index is 811. The van der Waals surface area contributed by atoms with Crippen molar-refractivity contribution >= 4 is 21.7 Å². The van der Waals surface area contributed by atoms with Crippen LogP contribution >= 0.6 is 0 Å². The molecule has 0 aromatic carbocycles. The normalized spacial score (nSPS) is 15.5. The molecule has 9 heteroatoms. The Morgan fingerprint density at radius 1 is 1.17 bits per heavy atom. The molecule has 0 radical (unpaired) electrons. The Balaban J connectivity index is 1.65. The van der Waals surface area contributed by atoms with E-state index < -0.39 is 10.0 Å². The summed E-state index contributed by atoms with van der Waals surface area (Å²) in [4.78, 5) is 20.5. The third-order valence-corrected chi connectivity index (χ3v) is 5.15. The van der Waals surface area contributed by atoms with E-state index in [9.17, 15) is 13.2 Å². The summed E-state index contributed by atoms with van der Waals surface area (Å²) < 4.78 is 30.7. The van der Waals surface area contributed by atoms with Crippen LogP contribution in [0.25, 0.3) is 0 Å². The van der Waals surface area contributed by atoms with Gasteiger partial charge in [0, 0.05) is 32.4 Å². The number of furan rings is 1. The Labute approximate surface area is 140 Å². The van der Waals surface area contributed by atoms with Gasteiger partial charge >= 0.3 is 0 Å². The molecule has 1 fully saturated rings. The Kier molecular flexibility index (Phi) is 4.54. The van der Waals surface area contributed by atoms with Gasteiger partial charge in [-0.05, 0) is 31.3 Å². The van der Waals surface area contributed by atoms with E-state index in [2.05, 4.69) is 14.6 Å². The van der Waals surface area contributed by atoms with E-state index in [4.69, 9.17) is 4.42 Å². The molecule has 1 amide bonds. The number of pyridine rings is 1. The second-order valence-corrected chi connectivity index (χ2v) is 7.11. The first-order chi connectivity index (χ1) is 11.5. The van der Waals surface area contributed by atoms with Crippen molar-refractivity contribution in [3.63, 3.8) is 0 Å². The van der Waals surface area contributed by atoms with Gasteiger partial charge in [0.25, 0.3) is 15.9 Å². The molecule has 8 nitrogen and oxygen atoms in total. The molecule has 0 unspecified atom stereocenters. The number of rotatable bonds is 4. The van der Waals surface area contributed by atoms with Gasteiger partial charge in [0.2, 0.25) is 5.09 Å². The van der Waals surface area contributed by atoms with Gasteiger partial charge in [-0.1, -0.05) is 6.07 Å². The molecule has 24 heavy (non-hydrogen) atoms. The number of sulfonamides is 1. The fourth-order valence-corrected chi connectivity index (χ4v) is 3.16. The molecule has 0 aliphatic carbocycles. The lowest BCUT2D eigenvalue weighted by Crippen LogP contribution is -2.49. The summed E-state index contributed by atoms with van der Waals surface area (Å²) in [5.74, 6) is 0.591. The zero-order valence-corrected chi connectivity index (χ0v) is 14.0. The average molecular weight is 350 g/mol. The first-order valence-corrected chi connectivity index (χ1v) is 8.98. The molecule has 2 aromatic heterocycles. The molecular formula is C15H18N4O4S. The Morgan fingerprint density at radius 2 is 1.92 bits per heavy atom. The summed E-state index contributed by atoms with van der Waals surface area (Å²) in [7, 11) is -2.40. The van der Waals surface area contributed by atoms with E-state index in [-0.39, 0.29) is 16.8 Å². The van der Waals surface area contributed by atoms with Gasteiger partial charge in [0.1, 0.15) is 5.82 Å². The van der Waals surface area contributed by atoms with Crippen LogP contribution in [0.1, 0.15) is 10.6 Å². The third kappa shape index (κ3) is 3.26. The quantitative estimate of drug-likeness (QED) is 0.865. The highest BCUT2D eigenvalue weighted by Gasteiger charge is 2.26. The minimum absolute atomic E-state index is 0.0233. The SMILES string of the molecule is CNS(=O)(=O)c1ccc(C(=O)N2CCN(c3ccccn3)CC2)o1. The molecule has 3 rings (SSSR count). The number of piperazine rings is 1. The lowest BCUT2D eigenvalue weighted by atomic mass is 10.2. The monoisotopic (exact) mass is 350 g/mol. The van der Waals surface area contributed by atoms with Crippen LogP contribution in [0.5, 0.6) is 0 Å². The highest BCUT2D eigenvalue weighted by atomic mass is 32.2. The van der Waals surface area contributed by atoms with Gasteiger partial charge in [-0.3, -0.25) is 4.79 Å². The Hall–Kier alpha value is -2.39. The van der Waals surface area contributed by atoms with Crippen LogP contribution in [-0.2, 0) is 10.0 Å². The van der Waals surface area contributed by atoms with Crippen LogP contribution in [-0.4, -0.2) is 57.4 Å². The summed E-state index contributed by atoms with van der Waals surface area (Å²) in [5.41, 5.74) is 0. The molecule has 3 heterocycles. The van der Waals surface area contributed by atoms with Gasteiger partial charge < -0.3 is 14.2 Å². The first kappa shape index (κ1) is 16.5. The largest absolute Gasteiger partial charge is 0.438 e. The molecule has 1 N–H and O–H groups in total. The van der Waals surface area contributed by atoms with E-state index in [1.165, 1.54) is 19.2 Å². The maximum absolute atomic E-state index is 12.5. The van der Waals surface area contributed by atoms with Gasteiger partial charge in [-0.25, -0.2) is 18.1 Å². The van der Waals surface area contributed by atoms with Gasteiger partial charge in [0.05, 0.1) is 0 Å². The van der Waals surface area contributed by atoms with Crippen LogP contribution in [0.3, 0.4) is 0 Å². The number of aromatic nitrogens is 1. The topological polar surface area (TPSA) is 95.8 Å². The molecule has 128 valence electrons. The van der Waals surface area contributed by atoms with E-state index in [0.29, 0.717) is 26.2 Å². The molecule has 0 spiro atoms. The summed E-state index contributed by atoms with van der Waals surface area (Å²) in [6.07, 6.45) is 1.74. The van der Waals surface area contributed by atoms with E-state index >= 15 is 0 Å². The number of nitrogens with one attached hydrogen (secondary N) is 1. The van der Waals surface area contributed by atoms with Crippen molar-refractivity contribution < 1.29 is 17.6 Å². The number of amides is 1. The zero-order valence-electron chi connectivity index (χ0n) is 13.2. The number of nitrogens with zero attached hydrogens (tertiary/aromatic N) is 3. The Morgan fingerprint density at radius 3 is 2.54 bits per heavy atom. The summed E-state index contributed by atoms with van der Waals surface area (Å²) in [5, 5.41) is -0.263. The minimum atomic E-state index is -3.69. The van der Waals surface area contributed by atoms with Crippen LogP contribution in [0.15, 0.2) is 46.0 Å². The summed E-state index contributed by atoms with van der Waals surface area (Å²) >= 11 is 0. The molecular weight excluding hydrogens is 332 g/mol. The number of hydrogen-bond donors (Lipinski definition) is 1. The first-order valence-electron chi connectivity index (χ1n) is 7.50. The van der Waals surface area contributed by atoms with Crippen molar-refractivity contribution in [2.24, 2.45) is 0 Å². The molecule has 2 aromatic rings. The molecule has 1 aliphatic rings. The van der Waals surface area contributed by atoms with E-state index in [0.717, 1.165) is 5.82 Å². The number of carbonyl (C=O) groups excluding carboxylic acids is 1. The standard InChI is InChI=1S/C15H18N4O4S/c1-16-24(21,22)14-6-5-12(23-14)15(20)19-10-8-18(9-11-19)13-4-2-3-7-17-13/h2-7,16H,8-11H2,1H3. The second kappa shape index (κ2) is 6.62. The van der Waals surface area contributed by atoms with Crippen LogP contribution in [0.2, 0.25) is 0 Å². The number of hydrogen-bond acceptors (Lipinski definition) is 6. The maximum atomic E-state index is 12.5. The predicted octanol–water partition coefficient (Wildman–Crippen LogP) is 0.545. The smallest absolute Gasteiger partial charge is 0.289 e. The average Bonchev–Trinajstić information content (AvgIpc) is 3.13. The lowest BCUT2D eigenvalue weighted by molar-refractivity contribution is 0.0708. The van der Waals surface area contributed by atoms with Gasteiger partial charge in [0.15, 0.2) is 5.76 Å². The van der Waals surface area contributed by atoms with Crippen LogP contribution in [0.4, 0.5) is 5.82 Å². The van der Waals surface area contributed by atoms with Crippen LogP contribution < -0.4 is 9.62 Å². The summed E-state index contributed by atoms with van der Waals surface area (Å²) in [6.45, 7) is 2.35. The van der Waals surface area contributed by atoms with Crippen molar-refractivity contribution in [1.82, 2.24) is 14.6 Å². The predicted molar refractivity (Wildman–Crippen MR) is 87.3 cm³/mol. The summed E-state index contributed by atoms with van der Waals surface area (Å²) in [6, 6.07) is 8.38. The fourth-order valence-electron chi connectivity index (χ4n) is 2.52. The lowest BCUT2D eigenvalue weighted by Gasteiger charge is -2.34. The molecule has 0 bridgehead atoms. The highest BCUT2D eigenvalue weighted by molar-refractivity contribution is 7.89. The maximum Gasteiger partial charge on any atom is 0.289 e. The zero-order chi connectivity index (χ0) is 17.2. The fraction of sp³-hybridized carbons (Fsp3) is 0.333. The van der Waals surface area contributed by atoms with Gasteiger partial charge in [-0.15, -0.1) is 0 Å². The van der Waals surface area contributed by atoms with Crippen molar-refractivity contribution in [2.45, 2.75) is 5.09 Å². The van der Waals surface area contributed by atoms with E-state index in [1.54, 1.807) is 11.1 Å². The molecule has 1 aliphatic heterocycles. The number of carbonyl (C=O) groups is 1. The molecule has 0 saturated carbocycles. The highest BCUT2D eigenvalue weighted by Crippen LogP contribution is 2.18. The van der Waals surface area contributed by atoms with Crippen molar-refractivity contribution in [1.29, 1.82) is 0 Å². The minimum Gasteiger partial charge on any atom is -0.438 e. The van der Waals surface area contributed by atoms with Crippen molar-refractivity contribution in [2.75, 3.05) is 38.1 Å². The van der Waals surface area contributed by atoms with Crippen molar-refractivity contribution in [3.8, 4) is 0 Å². The molecule has 0 atom stereocenters. The van der Waals surface area contributed by atoms with E-state index in [1.807, 2.05) is 18.2 Å². The van der Waals surface area contributed by atoms with Crippen LogP contribution in [0, 0.1) is 0 Å². The number of anilines is 1. The molecule has 1 saturated heterocycles.